The fourth-order valence-corrected chi connectivity index (χ4v) is 3.33. The zero-order chi connectivity index (χ0) is 19.5. The predicted molar refractivity (Wildman–Crippen MR) is 109 cm³/mol. The van der Waals surface area contributed by atoms with Crippen LogP contribution in [0.4, 0.5) is 5.69 Å². The van der Waals surface area contributed by atoms with E-state index in [0.29, 0.717) is 18.7 Å². The highest BCUT2D eigenvalue weighted by molar-refractivity contribution is 5.83. The first-order valence-corrected chi connectivity index (χ1v) is 8.97. The number of nitrogens with zero attached hydrogens (tertiary/aromatic N) is 3. The Kier molecular flexibility index (Phi) is 4.87. The van der Waals surface area contributed by atoms with Gasteiger partial charge in [-0.3, -0.25) is 10.1 Å². The molecule has 140 valence electrons. The van der Waals surface area contributed by atoms with Crippen molar-refractivity contribution < 1.29 is 9.66 Å². The molecular formula is C22H19N3O3. The summed E-state index contributed by atoms with van der Waals surface area (Å²) in [6.45, 7) is 1.13. The number of nitro groups is 1. The molecule has 0 aliphatic carbocycles. The van der Waals surface area contributed by atoms with Crippen molar-refractivity contribution in [3.63, 3.8) is 0 Å². The number of ether oxygens (including phenoxy) is 1. The molecule has 3 aromatic carbocycles. The van der Waals surface area contributed by atoms with Crippen LogP contribution in [0.25, 0.3) is 33.5 Å². The van der Waals surface area contributed by atoms with Crippen LogP contribution < -0.4 is 0 Å². The van der Waals surface area contributed by atoms with Crippen molar-refractivity contribution in [2.75, 3.05) is 13.7 Å². The van der Waals surface area contributed by atoms with Gasteiger partial charge in [-0.2, -0.15) is 0 Å². The number of non-ortho nitro benzene ring substituents is 1. The van der Waals surface area contributed by atoms with Crippen LogP contribution in [0.1, 0.15) is 0 Å². The third-order valence-electron chi connectivity index (χ3n) is 4.69. The van der Waals surface area contributed by atoms with Crippen molar-refractivity contribution in [2.45, 2.75) is 6.54 Å². The van der Waals surface area contributed by atoms with Gasteiger partial charge < -0.3 is 9.30 Å². The van der Waals surface area contributed by atoms with Gasteiger partial charge >= 0.3 is 0 Å². The first-order valence-electron chi connectivity index (χ1n) is 8.97. The first kappa shape index (κ1) is 17.9. The molecule has 0 aliphatic heterocycles. The molecule has 0 saturated carbocycles. The number of rotatable bonds is 6. The third kappa shape index (κ3) is 3.37. The lowest BCUT2D eigenvalue weighted by molar-refractivity contribution is -0.384. The summed E-state index contributed by atoms with van der Waals surface area (Å²) >= 11 is 0. The number of methoxy groups -OCH3 is 1. The van der Waals surface area contributed by atoms with Crippen molar-refractivity contribution in [3.05, 3.63) is 82.9 Å². The minimum Gasteiger partial charge on any atom is -0.383 e. The van der Waals surface area contributed by atoms with E-state index < -0.39 is 4.92 Å². The Morgan fingerprint density at radius 3 is 2.46 bits per heavy atom. The average Bonchev–Trinajstić information content (AvgIpc) is 3.10. The molecule has 0 aliphatic rings. The summed E-state index contributed by atoms with van der Waals surface area (Å²) in [7, 11) is 1.65. The van der Waals surface area contributed by atoms with Gasteiger partial charge in [0, 0.05) is 31.4 Å². The van der Waals surface area contributed by atoms with Gasteiger partial charge in [0.15, 0.2) is 0 Å². The molecule has 0 amide bonds. The van der Waals surface area contributed by atoms with Gasteiger partial charge in [0.25, 0.3) is 5.69 Å². The number of benzene rings is 3. The van der Waals surface area contributed by atoms with Gasteiger partial charge in [0.05, 0.1) is 22.6 Å². The lowest BCUT2D eigenvalue weighted by atomic mass is 10.0. The second kappa shape index (κ2) is 7.62. The Labute approximate surface area is 162 Å². The maximum absolute atomic E-state index is 11.1. The Morgan fingerprint density at radius 1 is 0.964 bits per heavy atom. The van der Waals surface area contributed by atoms with Crippen LogP contribution in [-0.2, 0) is 11.3 Å². The maximum atomic E-state index is 11.1. The van der Waals surface area contributed by atoms with Gasteiger partial charge in [-0.25, -0.2) is 4.98 Å². The molecule has 0 N–H and O–H groups in total. The summed E-state index contributed by atoms with van der Waals surface area (Å²) in [5.41, 5.74) is 4.66. The van der Waals surface area contributed by atoms with E-state index in [4.69, 9.17) is 9.72 Å². The second-order valence-electron chi connectivity index (χ2n) is 6.46. The van der Waals surface area contributed by atoms with Crippen LogP contribution in [0.15, 0.2) is 72.8 Å². The summed E-state index contributed by atoms with van der Waals surface area (Å²) in [5, 5.41) is 11.1. The second-order valence-corrected chi connectivity index (χ2v) is 6.46. The molecule has 0 bridgehead atoms. The monoisotopic (exact) mass is 373 g/mol. The number of hydrogen-bond donors (Lipinski definition) is 0. The van der Waals surface area contributed by atoms with Crippen molar-refractivity contribution >= 4 is 16.7 Å². The van der Waals surface area contributed by atoms with Gasteiger partial charge in [-0.1, -0.05) is 48.5 Å². The first-order chi connectivity index (χ1) is 13.7. The SMILES string of the molecule is COCCn1c(-c2cccc(-c3ccccc3)c2)nc2cc([N+](=O)[O-])ccc21. The van der Waals surface area contributed by atoms with E-state index in [9.17, 15) is 10.1 Å². The highest BCUT2D eigenvalue weighted by Gasteiger charge is 2.16. The normalized spacial score (nSPS) is 11.0. The molecule has 1 heterocycles. The number of imidazole rings is 1. The molecule has 6 heteroatoms. The van der Waals surface area contributed by atoms with E-state index in [2.05, 4.69) is 24.3 Å². The lowest BCUT2D eigenvalue weighted by Gasteiger charge is -2.10. The van der Waals surface area contributed by atoms with E-state index >= 15 is 0 Å². The molecule has 0 radical (unpaired) electrons. The summed E-state index contributed by atoms with van der Waals surface area (Å²) in [6, 6.07) is 23.1. The maximum Gasteiger partial charge on any atom is 0.271 e. The largest absolute Gasteiger partial charge is 0.383 e. The fraction of sp³-hybridized carbons (Fsp3) is 0.136. The summed E-state index contributed by atoms with van der Waals surface area (Å²) in [4.78, 5) is 15.4. The summed E-state index contributed by atoms with van der Waals surface area (Å²) < 4.78 is 7.30. The van der Waals surface area contributed by atoms with E-state index in [1.54, 1.807) is 13.2 Å². The molecule has 6 nitrogen and oxygen atoms in total. The number of aromatic nitrogens is 2. The Balaban J connectivity index is 1.86. The van der Waals surface area contributed by atoms with Crippen LogP contribution >= 0.6 is 0 Å². The molecule has 0 saturated heterocycles. The fourth-order valence-electron chi connectivity index (χ4n) is 3.33. The van der Waals surface area contributed by atoms with Crippen molar-refractivity contribution in [1.29, 1.82) is 0 Å². The van der Waals surface area contributed by atoms with Crippen LogP contribution in [0.2, 0.25) is 0 Å². The van der Waals surface area contributed by atoms with Gasteiger partial charge in [-0.15, -0.1) is 0 Å². The zero-order valence-corrected chi connectivity index (χ0v) is 15.4. The van der Waals surface area contributed by atoms with E-state index in [1.807, 2.05) is 34.9 Å². The lowest BCUT2D eigenvalue weighted by Crippen LogP contribution is -2.06. The van der Waals surface area contributed by atoms with Crippen molar-refractivity contribution in [3.8, 4) is 22.5 Å². The number of nitro benzene ring substituents is 1. The third-order valence-corrected chi connectivity index (χ3v) is 4.69. The minimum atomic E-state index is -0.399. The molecule has 0 fully saturated rings. The molecule has 4 rings (SSSR count). The van der Waals surface area contributed by atoms with Crippen molar-refractivity contribution in [1.82, 2.24) is 9.55 Å². The molecule has 28 heavy (non-hydrogen) atoms. The standard InChI is InChI=1S/C22H19N3O3/c1-28-13-12-24-21-11-10-19(25(26)27)15-20(21)23-22(24)18-9-5-8-17(14-18)16-6-3-2-4-7-16/h2-11,14-15H,12-13H2,1H3. The molecule has 0 spiro atoms. The minimum absolute atomic E-state index is 0.0356. The Hall–Kier alpha value is -3.51. The molecule has 0 unspecified atom stereocenters. The quantitative estimate of drug-likeness (QED) is 0.355. The predicted octanol–water partition coefficient (Wildman–Crippen LogP) is 4.92. The van der Waals surface area contributed by atoms with E-state index in [0.717, 1.165) is 28.0 Å². The van der Waals surface area contributed by atoms with Crippen LogP contribution in [0, 0.1) is 10.1 Å². The van der Waals surface area contributed by atoms with Gasteiger partial charge in [0.2, 0.25) is 0 Å². The van der Waals surface area contributed by atoms with E-state index in [-0.39, 0.29) is 5.69 Å². The molecule has 0 atom stereocenters. The summed E-state index contributed by atoms with van der Waals surface area (Å²) in [6.07, 6.45) is 0. The number of fused-ring (bicyclic) bond motifs is 1. The Morgan fingerprint density at radius 2 is 1.71 bits per heavy atom. The van der Waals surface area contributed by atoms with Crippen LogP contribution in [0.3, 0.4) is 0 Å². The van der Waals surface area contributed by atoms with Gasteiger partial charge in [0.1, 0.15) is 5.82 Å². The van der Waals surface area contributed by atoms with E-state index in [1.165, 1.54) is 12.1 Å². The molecule has 4 aromatic rings. The zero-order valence-electron chi connectivity index (χ0n) is 15.4. The number of hydrogen-bond acceptors (Lipinski definition) is 4. The smallest absolute Gasteiger partial charge is 0.271 e. The van der Waals surface area contributed by atoms with Crippen LogP contribution in [0.5, 0.6) is 0 Å². The van der Waals surface area contributed by atoms with Crippen molar-refractivity contribution in [2.24, 2.45) is 0 Å². The van der Waals surface area contributed by atoms with Gasteiger partial charge in [-0.05, 0) is 23.3 Å². The average molecular weight is 373 g/mol. The highest BCUT2D eigenvalue weighted by atomic mass is 16.6. The Bertz CT molecular complexity index is 1140. The highest BCUT2D eigenvalue weighted by Crippen LogP contribution is 2.30. The van der Waals surface area contributed by atoms with Crippen LogP contribution in [-0.4, -0.2) is 28.2 Å². The topological polar surface area (TPSA) is 70.2 Å². The summed E-state index contributed by atoms with van der Waals surface area (Å²) in [5.74, 6) is 0.769. The molecule has 1 aromatic heterocycles. The molecular weight excluding hydrogens is 354 g/mol.